The fourth-order valence-electron chi connectivity index (χ4n) is 2.43. The van der Waals surface area contributed by atoms with Crippen LogP contribution in [0.5, 0.6) is 0 Å². The zero-order chi connectivity index (χ0) is 12.1. The molecule has 1 aliphatic heterocycles. The zero-order valence-corrected chi connectivity index (χ0v) is 10.9. The van der Waals surface area contributed by atoms with Crippen LogP contribution in [0, 0.1) is 0 Å². The molecule has 1 atom stereocenters. The average Bonchev–Trinajstić information content (AvgIpc) is 2.75. The lowest BCUT2D eigenvalue weighted by Crippen LogP contribution is -2.39. The Kier molecular flexibility index (Phi) is 4.51. The first kappa shape index (κ1) is 12.5. The number of aromatic nitrogens is 1. The Morgan fingerprint density at radius 1 is 1.41 bits per heavy atom. The molecule has 1 N–H and O–H groups in total. The Morgan fingerprint density at radius 2 is 2.18 bits per heavy atom. The van der Waals surface area contributed by atoms with Gasteiger partial charge in [0.05, 0.1) is 0 Å². The Labute approximate surface area is 104 Å². The van der Waals surface area contributed by atoms with E-state index < -0.39 is 0 Å². The number of likely N-dealkylation sites (tertiary alicyclic amines) is 1. The van der Waals surface area contributed by atoms with Crippen LogP contribution in [0.4, 0.5) is 0 Å². The molecule has 0 aliphatic carbocycles. The molecule has 17 heavy (non-hydrogen) atoms. The van der Waals surface area contributed by atoms with Gasteiger partial charge in [-0.2, -0.15) is 0 Å². The van der Waals surface area contributed by atoms with Gasteiger partial charge >= 0.3 is 0 Å². The van der Waals surface area contributed by atoms with Gasteiger partial charge in [0.1, 0.15) is 0 Å². The summed E-state index contributed by atoms with van der Waals surface area (Å²) in [6.45, 7) is 7.83. The minimum atomic E-state index is 0.582. The molecule has 3 heteroatoms. The van der Waals surface area contributed by atoms with Crippen molar-refractivity contribution in [2.75, 3.05) is 13.1 Å². The van der Waals surface area contributed by atoms with Crippen LogP contribution in [0.3, 0.4) is 0 Å². The van der Waals surface area contributed by atoms with Crippen molar-refractivity contribution in [2.45, 2.75) is 45.3 Å². The minimum Gasteiger partial charge on any atom is -0.313 e. The monoisotopic (exact) mass is 233 g/mol. The second-order valence-electron chi connectivity index (χ2n) is 5.18. The number of pyridine rings is 1. The molecule has 1 aromatic heterocycles. The van der Waals surface area contributed by atoms with Gasteiger partial charge in [-0.05, 0) is 37.1 Å². The molecular weight excluding hydrogens is 210 g/mol. The van der Waals surface area contributed by atoms with Gasteiger partial charge in [0, 0.05) is 37.6 Å². The van der Waals surface area contributed by atoms with E-state index in [1.807, 2.05) is 12.4 Å². The van der Waals surface area contributed by atoms with Gasteiger partial charge in [0.15, 0.2) is 0 Å². The summed E-state index contributed by atoms with van der Waals surface area (Å²) in [6, 6.07) is 5.51. The molecule has 1 aliphatic rings. The molecule has 1 saturated heterocycles. The zero-order valence-electron chi connectivity index (χ0n) is 10.9. The van der Waals surface area contributed by atoms with E-state index >= 15 is 0 Å². The van der Waals surface area contributed by atoms with Crippen molar-refractivity contribution in [1.29, 1.82) is 0 Å². The first-order valence-electron chi connectivity index (χ1n) is 6.62. The predicted octanol–water partition coefficient (Wildman–Crippen LogP) is 2.04. The van der Waals surface area contributed by atoms with Gasteiger partial charge in [-0.1, -0.05) is 13.8 Å². The van der Waals surface area contributed by atoms with Crippen molar-refractivity contribution in [3.05, 3.63) is 30.1 Å². The third kappa shape index (κ3) is 3.79. The molecule has 0 aromatic carbocycles. The molecule has 0 amide bonds. The van der Waals surface area contributed by atoms with Crippen LogP contribution in [0.25, 0.3) is 0 Å². The molecule has 0 saturated carbocycles. The SMILES string of the molecule is CC(C)NCC1CCCN1Cc1ccncc1. The van der Waals surface area contributed by atoms with Crippen LogP contribution in [0.15, 0.2) is 24.5 Å². The van der Waals surface area contributed by atoms with Crippen LogP contribution in [0.2, 0.25) is 0 Å². The standard InChI is InChI=1S/C14H23N3/c1-12(2)16-10-14-4-3-9-17(14)11-13-5-7-15-8-6-13/h5-8,12,14,16H,3-4,9-11H2,1-2H3. The summed E-state index contributed by atoms with van der Waals surface area (Å²) in [5.74, 6) is 0. The summed E-state index contributed by atoms with van der Waals surface area (Å²) in [7, 11) is 0. The highest BCUT2D eigenvalue weighted by atomic mass is 15.2. The lowest BCUT2D eigenvalue weighted by Gasteiger charge is -2.25. The first-order chi connectivity index (χ1) is 8.25. The largest absolute Gasteiger partial charge is 0.313 e. The Bertz CT molecular complexity index is 323. The molecule has 1 aromatic rings. The van der Waals surface area contributed by atoms with Crippen molar-refractivity contribution in [1.82, 2.24) is 15.2 Å². The van der Waals surface area contributed by atoms with Crippen LogP contribution in [-0.2, 0) is 6.54 Å². The average molecular weight is 233 g/mol. The highest BCUT2D eigenvalue weighted by Gasteiger charge is 2.24. The van der Waals surface area contributed by atoms with E-state index in [-0.39, 0.29) is 0 Å². The molecule has 2 rings (SSSR count). The Morgan fingerprint density at radius 3 is 2.88 bits per heavy atom. The van der Waals surface area contributed by atoms with Crippen LogP contribution >= 0.6 is 0 Å². The molecule has 0 spiro atoms. The van der Waals surface area contributed by atoms with Crippen LogP contribution in [0.1, 0.15) is 32.3 Å². The molecule has 2 heterocycles. The van der Waals surface area contributed by atoms with E-state index in [1.165, 1.54) is 24.9 Å². The first-order valence-corrected chi connectivity index (χ1v) is 6.62. The van der Waals surface area contributed by atoms with Gasteiger partial charge in [-0.25, -0.2) is 0 Å². The number of rotatable bonds is 5. The number of hydrogen-bond donors (Lipinski definition) is 1. The summed E-state index contributed by atoms with van der Waals surface area (Å²) in [6.07, 6.45) is 6.42. The lowest BCUT2D eigenvalue weighted by molar-refractivity contribution is 0.236. The van der Waals surface area contributed by atoms with E-state index in [1.54, 1.807) is 0 Å². The van der Waals surface area contributed by atoms with E-state index in [4.69, 9.17) is 0 Å². The quantitative estimate of drug-likeness (QED) is 0.843. The summed E-state index contributed by atoms with van der Waals surface area (Å²) < 4.78 is 0. The third-order valence-electron chi connectivity index (χ3n) is 3.40. The fourth-order valence-corrected chi connectivity index (χ4v) is 2.43. The summed E-state index contributed by atoms with van der Waals surface area (Å²) in [5, 5.41) is 3.55. The highest BCUT2D eigenvalue weighted by Crippen LogP contribution is 2.19. The van der Waals surface area contributed by atoms with E-state index in [0.717, 1.165) is 13.1 Å². The Balaban J connectivity index is 1.87. The summed E-state index contributed by atoms with van der Waals surface area (Å²) >= 11 is 0. The molecule has 1 fully saturated rings. The second kappa shape index (κ2) is 6.12. The normalized spacial score (nSPS) is 21.2. The smallest absolute Gasteiger partial charge is 0.0271 e. The number of nitrogens with one attached hydrogen (secondary N) is 1. The molecule has 1 unspecified atom stereocenters. The van der Waals surface area contributed by atoms with Gasteiger partial charge in [0.25, 0.3) is 0 Å². The highest BCUT2D eigenvalue weighted by molar-refractivity contribution is 5.10. The van der Waals surface area contributed by atoms with E-state index in [9.17, 15) is 0 Å². The fraction of sp³-hybridized carbons (Fsp3) is 0.643. The second-order valence-corrected chi connectivity index (χ2v) is 5.18. The van der Waals surface area contributed by atoms with Crippen molar-refractivity contribution in [3.8, 4) is 0 Å². The summed E-state index contributed by atoms with van der Waals surface area (Å²) in [5.41, 5.74) is 1.37. The van der Waals surface area contributed by atoms with E-state index in [0.29, 0.717) is 12.1 Å². The maximum absolute atomic E-state index is 4.07. The Hall–Kier alpha value is -0.930. The van der Waals surface area contributed by atoms with Gasteiger partial charge in [-0.15, -0.1) is 0 Å². The maximum atomic E-state index is 4.07. The van der Waals surface area contributed by atoms with Crippen molar-refractivity contribution >= 4 is 0 Å². The van der Waals surface area contributed by atoms with Crippen molar-refractivity contribution < 1.29 is 0 Å². The van der Waals surface area contributed by atoms with E-state index in [2.05, 4.69) is 41.2 Å². The summed E-state index contributed by atoms with van der Waals surface area (Å²) in [4.78, 5) is 6.66. The topological polar surface area (TPSA) is 28.2 Å². The third-order valence-corrected chi connectivity index (χ3v) is 3.40. The van der Waals surface area contributed by atoms with Gasteiger partial charge in [-0.3, -0.25) is 9.88 Å². The minimum absolute atomic E-state index is 0.582. The molecule has 0 radical (unpaired) electrons. The van der Waals surface area contributed by atoms with Crippen molar-refractivity contribution in [3.63, 3.8) is 0 Å². The van der Waals surface area contributed by atoms with Gasteiger partial charge in [0.2, 0.25) is 0 Å². The molecule has 94 valence electrons. The number of hydrogen-bond acceptors (Lipinski definition) is 3. The van der Waals surface area contributed by atoms with Gasteiger partial charge < -0.3 is 5.32 Å². The molecule has 0 bridgehead atoms. The molecular formula is C14H23N3. The van der Waals surface area contributed by atoms with Crippen LogP contribution in [-0.4, -0.2) is 35.1 Å². The molecule has 3 nitrogen and oxygen atoms in total. The number of nitrogens with zero attached hydrogens (tertiary/aromatic N) is 2. The maximum Gasteiger partial charge on any atom is 0.0271 e. The predicted molar refractivity (Wildman–Crippen MR) is 70.8 cm³/mol. The van der Waals surface area contributed by atoms with Crippen LogP contribution < -0.4 is 5.32 Å². The lowest BCUT2D eigenvalue weighted by atomic mass is 10.2. The van der Waals surface area contributed by atoms with Crippen molar-refractivity contribution in [2.24, 2.45) is 0 Å².